The van der Waals surface area contributed by atoms with Crippen molar-refractivity contribution < 1.29 is 56.8 Å². The molecule has 0 aromatic rings. The zero-order valence-corrected chi connectivity index (χ0v) is 34.0. The molecule has 1 fully saturated rings. The molecule has 4 N–H and O–H groups in total. The van der Waals surface area contributed by atoms with Crippen molar-refractivity contribution in [2.75, 3.05) is 19.0 Å². The Balaban J connectivity index is 2.47. The zero-order valence-electron chi connectivity index (χ0n) is 33.1. The number of carbonyl (C=O) groups excluding carboxylic acids is 2. The highest BCUT2D eigenvalue weighted by Crippen LogP contribution is 2.24. The van der Waals surface area contributed by atoms with Crippen molar-refractivity contribution in [2.45, 2.75) is 224 Å². The summed E-state index contributed by atoms with van der Waals surface area (Å²) in [7, 11) is -4.59. The van der Waals surface area contributed by atoms with Gasteiger partial charge in [0, 0.05) is 12.8 Å². The molecular formula is C40H76O12S. The second-order valence-corrected chi connectivity index (χ2v) is 16.5. The Bertz CT molecular complexity index is 1010. The maximum absolute atomic E-state index is 12.7. The van der Waals surface area contributed by atoms with Crippen LogP contribution in [0.1, 0.15) is 187 Å². The first-order chi connectivity index (χ1) is 25.5. The van der Waals surface area contributed by atoms with Crippen LogP contribution in [-0.2, 0) is 38.7 Å². The van der Waals surface area contributed by atoms with Crippen molar-refractivity contribution in [1.29, 1.82) is 0 Å². The number of esters is 2. The van der Waals surface area contributed by atoms with E-state index in [2.05, 4.69) is 13.8 Å². The van der Waals surface area contributed by atoms with E-state index in [1.165, 1.54) is 109 Å². The van der Waals surface area contributed by atoms with E-state index in [-0.39, 0.29) is 19.4 Å². The molecule has 13 heteroatoms. The third-order valence-electron chi connectivity index (χ3n) is 9.94. The SMILES string of the molecule is CCCCCCCCCCCCCCCCC(=O)OC[C@H](CO[C@H]1O[C@H](CS(=O)(=O)O)[C@@H](O)[C@H](O)[C@H]1O)OC(=O)CCCCCCCCCCCCC. The van der Waals surface area contributed by atoms with Crippen LogP contribution in [0.25, 0.3) is 0 Å². The van der Waals surface area contributed by atoms with Crippen LogP contribution in [0.3, 0.4) is 0 Å². The molecule has 0 aliphatic carbocycles. The van der Waals surface area contributed by atoms with Gasteiger partial charge in [0.25, 0.3) is 10.1 Å². The van der Waals surface area contributed by atoms with Gasteiger partial charge in [-0.1, -0.05) is 162 Å². The lowest BCUT2D eigenvalue weighted by Crippen LogP contribution is -2.60. The number of rotatable bonds is 35. The van der Waals surface area contributed by atoms with Crippen molar-refractivity contribution in [3.8, 4) is 0 Å². The number of ether oxygens (including phenoxy) is 4. The number of aliphatic hydroxyl groups excluding tert-OH is 3. The summed E-state index contributed by atoms with van der Waals surface area (Å²) in [5.41, 5.74) is 0. The topological polar surface area (TPSA) is 186 Å². The molecule has 0 spiro atoms. The summed E-state index contributed by atoms with van der Waals surface area (Å²) in [5, 5.41) is 30.8. The van der Waals surface area contributed by atoms with Gasteiger partial charge in [-0.2, -0.15) is 8.42 Å². The van der Waals surface area contributed by atoms with E-state index in [1.807, 2.05) is 0 Å². The lowest BCUT2D eigenvalue weighted by atomic mass is 10.00. The van der Waals surface area contributed by atoms with Gasteiger partial charge in [-0.15, -0.1) is 0 Å². The van der Waals surface area contributed by atoms with Crippen molar-refractivity contribution in [1.82, 2.24) is 0 Å². The monoisotopic (exact) mass is 781 g/mol. The smallest absolute Gasteiger partial charge is 0.306 e. The van der Waals surface area contributed by atoms with Crippen molar-refractivity contribution >= 4 is 22.1 Å². The van der Waals surface area contributed by atoms with E-state index < -0.39 is 71.2 Å². The van der Waals surface area contributed by atoms with E-state index in [9.17, 15) is 37.9 Å². The molecule has 0 saturated carbocycles. The fourth-order valence-electron chi connectivity index (χ4n) is 6.62. The van der Waals surface area contributed by atoms with Gasteiger partial charge in [0.2, 0.25) is 0 Å². The van der Waals surface area contributed by atoms with Gasteiger partial charge in [-0.3, -0.25) is 14.1 Å². The maximum atomic E-state index is 12.7. The molecule has 0 radical (unpaired) electrons. The van der Waals surface area contributed by atoms with Crippen LogP contribution in [-0.4, -0.2) is 96.0 Å². The zero-order chi connectivity index (χ0) is 39.2. The third-order valence-corrected chi connectivity index (χ3v) is 10.7. The molecule has 0 aromatic carbocycles. The summed E-state index contributed by atoms with van der Waals surface area (Å²) in [6.07, 6.45) is 20.1. The highest BCUT2D eigenvalue weighted by Gasteiger charge is 2.46. The summed E-state index contributed by atoms with van der Waals surface area (Å²) >= 11 is 0. The minimum Gasteiger partial charge on any atom is -0.462 e. The molecule has 1 rings (SSSR count). The van der Waals surface area contributed by atoms with E-state index >= 15 is 0 Å². The minimum atomic E-state index is -4.59. The summed E-state index contributed by atoms with van der Waals surface area (Å²) < 4.78 is 53.9. The number of hydrogen-bond acceptors (Lipinski definition) is 11. The van der Waals surface area contributed by atoms with E-state index in [1.54, 1.807) is 0 Å². The van der Waals surface area contributed by atoms with E-state index in [4.69, 9.17) is 18.9 Å². The molecule has 1 aliphatic rings. The van der Waals surface area contributed by atoms with Crippen LogP contribution < -0.4 is 0 Å². The molecule has 0 unspecified atom stereocenters. The lowest BCUT2D eigenvalue weighted by Gasteiger charge is -2.40. The van der Waals surface area contributed by atoms with Gasteiger partial charge in [0.15, 0.2) is 12.4 Å². The largest absolute Gasteiger partial charge is 0.462 e. The molecule has 53 heavy (non-hydrogen) atoms. The van der Waals surface area contributed by atoms with Crippen LogP contribution in [0.15, 0.2) is 0 Å². The van der Waals surface area contributed by atoms with Crippen molar-refractivity contribution in [2.24, 2.45) is 0 Å². The van der Waals surface area contributed by atoms with Crippen LogP contribution >= 0.6 is 0 Å². The molecule has 12 nitrogen and oxygen atoms in total. The maximum Gasteiger partial charge on any atom is 0.306 e. The Morgan fingerprint density at radius 1 is 0.566 bits per heavy atom. The van der Waals surface area contributed by atoms with Crippen molar-refractivity contribution in [3.05, 3.63) is 0 Å². The number of unbranched alkanes of at least 4 members (excludes halogenated alkanes) is 23. The molecule has 6 atom stereocenters. The summed E-state index contributed by atoms with van der Waals surface area (Å²) in [6.45, 7) is 3.75. The Morgan fingerprint density at radius 3 is 1.38 bits per heavy atom. The highest BCUT2D eigenvalue weighted by atomic mass is 32.2. The van der Waals surface area contributed by atoms with Crippen molar-refractivity contribution in [3.63, 3.8) is 0 Å². The van der Waals surface area contributed by atoms with Gasteiger partial charge in [-0.25, -0.2) is 0 Å². The number of hydrogen-bond donors (Lipinski definition) is 4. The predicted octanol–water partition coefficient (Wildman–Crippen LogP) is 7.73. The van der Waals surface area contributed by atoms with Gasteiger partial charge in [-0.05, 0) is 12.8 Å². The molecule has 1 heterocycles. The molecule has 1 aliphatic heterocycles. The average Bonchev–Trinajstić information content (AvgIpc) is 3.12. The lowest BCUT2D eigenvalue weighted by molar-refractivity contribution is -0.297. The Kier molecular flexibility index (Phi) is 29.8. The molecule has 0 bridgehead atoms. The molecule has 0 amide bonds. The normalized spacial score (nSPS) is 21.1. The highest BCUT2D eigenvalue weighted by molar-refractivity contribution is 7.85. The quantitative estimate of drug-likeness (QED) is 0.0279. The fraction of sp³-hybridized carbons (Fsp3) is 0.950. The first-order valence-corrected chi connectivity index (χ1v) is 22.7. The summed E-state index contributed by atoms with van der Waals surface area (Å²) in [6, 6.07) is 0. The van der Waals surface area contributed by atoms with Gasteiger partial charge in [0.05, 0.1) is 6.61 Å². The molecule has 314 valence electrons. The minimum absolute atomic E-state index is 0.171. The van der Waals surface area contributed by atoms with Gasteiger partial charge in [0.1, 0.15) is 36.8 Å². The first-order valence-electron chi connectivity index (χ1n) is 21.1. The molecule has 1 saturated heterocycles. The first kappa shape index (κ1) is 49.7. The Morgan fingerprint density at radius 2 is 0.962 bits per heavy atom. The second-order valence-electron chi connectivity index (χ2n) is 15.0. The average molecular weight is 781 g/mol. The van der Waals surface area contributed by atoms with Crippen LogP contribution in [0.4, 0.5) is 0 Å². The van der Waals surface area contributed by atoms with E-state index in [0.717, 1.165) is 38.5 Å². The molecule has 0 aromatic heterocycles. The van der Waals surface area contributed by atoms with Gasteiger partial charge < -0.3 is 34.3 Å². The standard InChI is InChI=1S/C40H76O12S/c1-3-5-7-9-11-13-15-16-17-19-20-22-24-26-28-35(41)49-30-33(51-36(42)29-27-25-23-21-18-14-12-10-8-6-4-2)31-50-40-39(45)38(44)37(43)34(52-40)32-53(46,47)48/h33-34,37-40,43-45H,3-32H2,1-2H3,(H,46,47,48)/t33-,34-,37-,38+,39-,40+/m1/s1. The fourth-order valence-corrected chi connectivity index (χ4v) is 7.31. The van der Waals surface area contributed by atoms with Crippen LogP contribution in [0, 0.1) is 0 Å². The second kappa shape index (κ2) is 31.8. The number of aliphatic hydroxyl groups is 3. The summed E-state index contributed by atoms with van der Waals surface area (Å²) in [4.78, 5) is 25.3. The molecular weight excluding hydrogens is 704 g/mol. The van der Waals surface area contributed by atoms with E-state index in [0.29, 0.717) is 12.8 Å². The summed E-state index contributed by atoms with van der Waals surface area (Å²) in [5.74, 6) is -1.97. The predicted molar refractivity (Wildman–Crippen MR) is 206 cm³/mol. The van der Waals surface area contributed by atoms with Crippen LogP contribution in [0.5, 0.6) is 0 Å². The van der Waals surface area contributed by atoms with Crippen LogP contribution in [0.2, 0.25) is 0 Å². The Hall–Kier alpha value is -1.35. The van der Waals surface area contributed by atoms with Gasteiger partial charge >= 0.3 is 11.9 Å². The Labute approximate surface area is 321 Å². The number of carbonyl (C=O) groups is 2. The third kappa shape index (κ3) is 27.0.